The van der Waals surface area contributed by atoms with E-state index in [0.29, 0.717) is 24.8 Å². The number of fused-ring (bicyclic) bond motifs is 3. The predicted octanol–water partition coefficient (Wildman–Crippen LogP) is 1.09. The first-order valence-corrected chi connectivity index (χ1v) is 13.7. The number of allylic oxidation sites excluding steroid dienone is 1. The number of nitrogens with two attached hydrogens (primary N) is 1. The van der Waals surface area contributed by atoms with Crippen molar-refractivity contribution < 1.29 is 43.7 Å². The molecule has 4 N–H and O–H groups in total. The van der Waals surface area contributed by atoms with Gasteiger partial charge in [-0.15, -0.1) is 6.58 Å². The second kappa shape index (κ2) is 10.9. The maximum atomic E-state index is 14.1. The van der Waals surface area contributed by atoms with E-state index in [4.69, 9.17) is 10.5 Å². The Morgan fingerprint density at radius 2 is 1.73 bits per heavy atom. The fraction of sp³-hybridized carbons (Fsp3) is 0.533. The fourth-order valence-corrected chi connectivity index (χ4v) is 6.97. The SMILES string of the molecule is C=C(C)CCCCC(=O)O[C@@H]1[C@@H]2C(C(=O)c3c(O)cccc3[C@H]2C)C(=O)[C@@]2(O)C(=O)C(C(N)=O)C(=O)[C@H](N(C)C)[C@@H]12. The Balaban J connectivity index is 1.89. The lowest BCUT2D eigenvalue weighted by Crippen LogP contribution is -2.78. The van der Waals surface area contributed by atoms with Crippen LogP contribution in [-0.4, -0.2) is 82.0 Å². The largest absolute Gasteiger partial charge is 0.507 e. The van der Waals surface area contributed by atoms with Crippen LogP contribution in [0.25, 0.3) is 0 Å². The van der Waals surface area contributed by atoms with E-state index in [-0.39, 0.29) is 17.7 Å². The molecule has 0 aromatic heterocycles. The van der Waals surface area contributed by atoms with Crippen LogP contribution in [0.4, 0.5) is 0 Å². The molecule has 4 rings (SSSR count). The van der Waals surface area contributed by atoms with Gasteiger partial charge in [-0.25, -0.2) is 0 Å². The van der Waals surface area contributed by atoms with Gasteiger partial charge in [-0.3, -0.25) is 33.7 Å². The zero-order chi connectivity index (χ0) is 30.5. The van der Waals surface area contributed by atoms with E-state index in [2.05, 4.69) is 6.58 Å². The number of likely N-dealkylation sites (N-methyl/N-ethyl adjacent to an activating group) is 1. The van der Waals surface area contributed by atoms with Crippen LogP contribution in [0, 0.1) is 23.7 Å². The highest BCUT2D eigenvalue weighted by Gasteiger charge is 2.74. The third kappa shape index (κ3) is 4.70. The highest BCUT2D eigenvalue weighted by atomic mass is 16.5. The van der Waals surface area contributed by atoms with Crippen molar-refractivity contribution in [1.29, 1.82) is 0 Å². The van der Waals surface area contributed by atoms with E-state index in [1.165, 1.54) is 31.1 Å². The maximum absolute atomic E-state index is 14.1. The molecular formula is C30H36N2O9. The van der Waals surface area contributed by atoms with Crippen molar-refractivity contribution in [3.8, 4) is 5.75 Å². The molecule has 2 saturated carbocycles. The third-order valence-corrected chi connectivity index (χ3v) is 8.83. The van der Waals surface area contributed by atoms with Gasteiger partial charge < -0.3 is 20.7 Å². The van der Waals surface area contributed by atoms with Crippen LogP contribution < -0.4 is 5.73 Å². The van der Waals surface area contributed by atoms with Gasteiger partial charge in [0.1, 0.15) is 11.9 Å². The molecule has 3 aliphatic rings. The number of carbonyl (C=O) groups is 6. The molecular weight excluding hydrogens is 532 g/mol. The van der Waals surface area contributed by atoms with Crippen LogP contribution >= 0.6 is 0 Å². The molecule has 220 valence electrons. The summed E-state index contributed by atoms with van der Waals surface area (Å²) in [5.41, 5.74) is 3.58. The highest BCUT2D eigenvalue weighted by molar-refractivity contribution is 6.32. The lowest BCUT2D eigenvalue weighted by Gasteiger charge is -2.56. The first-order chi connectivity index (χ1) is 19.2. The van der Waals surface area contributed by atoms with Crippen LogP contribution in [-0.2, 0) is 28.7 Å². The summed E-state index contributed by atoms with van der Waals surface area (Å²) in [7, 11) is 2.93. The average Bonchev–Trinajstić information content (AvgIpc) is 2.88. The lowest BCUT2D eigenvalue weighted by atomic mass is 9.49. The van der Waals surface area contributed by atoms with Gasteiger partial charge in [0.05, 0.1) is 23.4 Å². The van der Waals surface area contributed by atoms with Crippen molar-refractivity contribution in [2.75, 3.05) is 14.1 Å². The Bertz CT molecular complexity index is 1350. The fourth-order valence-electron chi connectivity index (χ4n) is 6.97. The van der Waals surface area contributed by atoms with E-state index in [9.17, 15) is 39.0 Å². The summed E-state index contributed by atoms with van der Waals surface area (Å²) in [6, 6.07) is 3.01. The summed E-state index contributed by atoms with van der Waals surface area (Å²) < 4.78 is 5.95. The molecule has 2 fully saturated rings. The van der Waals surface area contributed by atoms with Crippen molar-refractivity contribution in [3.05, 3.63) is 41.5 Å². The van der Waals surface area contributed by atoms with Crippen molar-refractivity contribution in [1.82, 2.24) is 4.90 Å². The number of phenolic OH excluding ortho intramolecular Hbond substituents is 1. The number of phenols is 1. The molecule has 1 aromatic carbocycles. The standard InChI is InChI=1S/C30H36N2O9/c1-13(2)9-6-7-12-17(34)41-26-18-14(3)15-10-8-11-16(33)19(15)24(35)20(18)27(37)30(40)22(26)23(32(4)5)25(36)21(28(30)38)29(31)39/h8,10-11,14,18,20-23,26,33,40H,1,6-7,9,12H2,2-5H3,(H2,31,39)/t14-,18+,20?,21?,22+,23-,26-,30-/m1/s1. The number of rotatable bonds is 8. The smallest absolute Gasteiger partial charge is 0.306 e. The zero-order valence-corrected chi connectivity index (χ0v) is 23.6. The van der Waals surface area contributed by atoms with Crippen molar-refractivity contribution in [3.63, 3.8) is 0 Å². The minimum Gasteiger partial charge on any atom is -0.507 e. The summed E-state index contributed by atoms with van der Waals surface area (Å²) in [5.74, 6) is -14.0. The van der Waals surface area contributed by atoms with E-state index in [0.717, 1.165) is 5.57 Å². The van der Waals surface area contributed by atoms with Crippen LogP contribution in [0.1, 0.15) is 61.4 Å². The van der Waals surface area contributed by atoms with Crippen LogP contribution in [0.5, 0.6) is 5.75 Å². The number of Topliss-reactive ketones (excluding diaryl/α,β-unsaturated/α-hetero) is 4. The van der Waals surface area contributed by atoms with Crippen molar-refractivity contribution in [2.24, 2.45) is 29.4 Å². The number of ketones is 4. The molecule has 0 aliphatic heterocycles. The van der Waals surface area contributed by atoms with Gasteiger partial charge in [-0.1, -0.05) is 24.6 Å². The number of benzene rings is 1. The number of primary amides is 1. The quantitative estimate of drug-likeness (QED) is 0.178. The summed E-state index contributed by atoms with van der Waals surface area (Å²) in [6.07, 6.45) is 0.332. The molecule has 0 saturated heterocycles. The molecule has 3 aliphatic carbocycles. The second-order valence-corrected chi connectivity index (χ2v) is 11.7. The Hall–Kier alpha value is -3.70. The summed E-state index contributed by atoms with van der Waals surface area (Å²) >= 11 is 0. The average molecular weight is 569 g/mol. The number of hydrogen-bond donors (Lipinski definition) is 3. The Labute approximate surface area is 237 Å². The number of aromatic hydroxyl groups is 1. The van der Waals surface area contributed by atoms with Crippen LogP contribution in [0.3, 0.4) is 0 Å². The molecule has 0 radical (unpaired) electrons. The first-order valence-electron chi connectivity index (χ1n) is 13.7. The molecule has 0 spiro atoms. The van der Waals surface area contributed by atoms with E-state index < -0.39 is 82.3 Å². The number of amides is 1. The van der Waals surface area contributed by atoms with E-state index >= 15 is 0 Å². The molecule has 0 bridgehead atoms. The van der Waals surface area contributed by atoms with Crippen molar-refractivity contribution in [2.45, 2.75) is 63.2 Å². The molecule has 8 atom stereocenters. The van der Waals surface area contributed by atoms with Crippen LogP contribution in [0.2, 0.25) is 0 Å². The number of carbonyl (C=O) groups excluding carboxylic acids is 6. The number of aliphatic hydroxyl groups is 1. The molecule has 11 nitrogen and oxygen atoms in total. The first kappa shape index (κ1) is 30.3. The summed E-state index contributed by atoms with van der Waals surface area (Å²) in [6.45, 7) is 7.40. The van der Waals surface area contributed by atoms with Crippen molar-refractivity contribution >= 4 is 35.0 Å². The summed E-state index contributed by atoms with van der Waals surface area (Å²) in [5, 5.41) is 22.5. The molecule has 2 unspecified atom stereocenters. The predicted molar refractivity (Wildman–Crippen MR) is 145 cm³/mol. The third-order valence-electron chi connectivity index (χ3n) is 8.83. The second-order valence-electron chi connectivity index (χ2n) is 11.7. The number of nitrogens with zero attached hydrogens (tertiary/aromatic N) is 1. The van der Waals surface area contributed by atoms with Gasteiger partial charge in [0.2, 0.25) is 5.91 Å². The number of hydrogen-bond acceptors (Lipinski definition) is 10. The van der Waals surface area contributed by atoms with Gasteiger partial charge in [0.15, 0.2) is 34.7 Å². The van der Waals surface area contributed by atoms with Gasteiger partial charge in [-0.2, -0.15) is 0 Å². The number of unbranched alkanes of at least 4 members (excludes halogenated alkanes) is 1. The highest BCUT2D eigenvalue weighted by Crippen LogP contribution is 2.55. The molecule has 1 aromatic rings. The Kier molecular flexibility index (Phi) is 8.08. The number of esters is 1. The van der Waals surface area contributed by atoms with Gasteiger partial charge >= 0.3 is 5.97 Å². The normalized spacial score (nSPS) is 32.7. The number of ether oxygens (including phenoxy) is 1. The minimum absolute atomic E-state index is 0.0294. The van der Waals surface area contributed by atoms with Crippen LogP contribution in [0.15, 0.2) is 30.4 Å². The maximum Gasteiger partial charge on any atom is 0.306 e. The Morgan fingerprint density at radius 3 is 2.32 bits per heavy atom. The monoisotopic (exact) mass is 568 g/mol. The molecule has 0 heterocycles. The lowest BCUT2D eigenvalue weighted by molar-refractivity contribution is -0.205. The minimum atomic E-state index is -3.04. The van der Waals surface area contributed by atoms with E-state index in [1.54, 1.807) is 13.0 Å². The summed E-state index contributed by atoms with van der Waals surface area (Å²) in [4.78, 5) is 82.0. The Morgan fingerprint density at radius 1 is 1.10 bits per heavy atom. The van der Waals surface area contributed by atoms with Gasteiger partial charge in [0, 0.05) is 12.3 Å². The van der Waals surface area contributed by atoms with Gasteiger partial charge in [-0.05, 0) is 57.8 Å². The topological polar surface area (TPSA) is 181 Å². The molecule has 11 heteroatoms. The van der Waals surface area contributed by atoms with E-state index in [1.807, 2.05) is 6.92 Å². The van der Waals surface area contributed by atoms with Gasteiger partial charge in [0.25, 0.3) is 0 Å². The molecule has 1 amide bonds. The molecule has 41 heavy (non-hydrogen) atoms. The zero-order valence-electron chi connectivity index (χ0n) is 23.6.